The van der Waals surface area contributed by atoms with Gasteiger partial charge in [-0.05, 0) is 49.4 Å². The fourth-order valence-corrected chi connectivity index (χ4v) is 3.12. The molecule has 1 saturated heterocycles. The van der Waals surface area contributed by atoms with Crippen molar-refractivity contribution in [2.45, 2.75) is 70.1 Å². The van der Waals surface area contributed by atoms with Gasteiger partial charge in [-0.1, -0.05) is 32.4 Å². The van der Waals surface area contributed by atoms with Crippen molar-refractivity contribution in [3.8, 4) is 5.75 Å². The van der Waals surface area contributed by atoms with Gasteiger partial charge in [0, 0.05) is 0 Å². The topological polar surface area (TPSA) is 303 Å². The number of carboxylic acid groups (broad SMARTS) is 2. The summed E-state index contributed by atoms with van der Waals surface area (Å²) in [4.78, 5) is 64.0. The van der Waals surface area contributed by atoms with Gasteiger partial charge in [-0.15, -0.1) is 0 Å². The summed E-state index contributed by atoms with van der Waals surface area (Å²) in [5.74, 6) is -4.20. The van der Waals surface area contributed by atoms with Crippen LogP contribution in [0.5, 0.6) is 5.75 Å². The van der Waals surface area contributed by atoms with Gasteiger partial charge in [-0.3, -0.25) is 19.2 Å². The molecule has 2 rings (SSSR count). The maximum absolute atomic E-state index is 11.8. The highest BCUT2D eigenvalue weighted by Crippen LogP contribution is 2.15. The van der Waals surface area contributed by atoms with Crippen molar-refractivity contribution in [2.75, 3.05) is 13.1 Å². The van der Waals surface area contributed by atoms with Gasteiger partial charge >= 0.3 is 29.8 Å². The van der Waals surface area contributed by atoms with Crippen LogP contribution in [0.1, 0.15) is 45.1 Å². The van der Waals surface area contributed by atoms with E-state index < -0.39 is 53.9 Å². The largest absolute Gasteiger partial charge is 0.480 e. The van der Waals surface area contributed by atoms with Crippen molar-refractivity contribution in [3.63, 3.8) is 0 Å². The maximum atomic E-state index is 11.8. The molecule has 1 amide bonds. The Morgan fingerprint density at radius 2 is 1.57 bits per heavy atom. The highest BCUT2D eigenvalue weighted by Gasteiger charge is 2.25. The average molecular weight is 599 g/mol. The third-order valence-corrected chi connectivity index (χ3v) is 5.91. The molecule has 1 aromatic rings. The van der Waals surface area contributed by atoms with Crippen LogP contribution in [0.3, 0.4) is 0 Å². The number of benzene rings is 1. The van der Waals surface area contributed by atoms with E-state index in [2.05, 4.69) is 15.8 Å². The number of aliphatic carboxylic acids is 2. The van der Waals surface area contributed by atoms with E-state index in [1.165, 1.54) is 0 Å². The van der Waals surface area contributed by atoms with E-state index in [9.17, 15) is 28.8 Å². The molecule has 1 heterocycles. The van der Waals surface area contributed by atoms with Gasteiger partial charge in [-0.25, -0.2) is 9.59 Å². The Kier molecular flexibility index (Phi) is 18.1. The van der Waals surface area contributed by atoms with Gasteiger partial charge in [-0.2, -0.15) is 0 Å². The van der Waals surface area contributed by atoms with E-state index >= 15 is 0 Å². The van der Waals surface area contributed by atoms with Gasteiger partial charge in [0.2, 0.25) is 5.91 Å². The van der Waals surface area contributed by atoms with Gasteiger partial charge in [0.1, 0.15) is 29.9 Å². The molecule has 0 bridgehead atoms. The number of esters is 3. The smallest absolute Gasteiger partial charge is 0.330 e. The number of carbonyl (C=O) groups excluding carboxylic acids is 4. The van der Waals surface area contributed by atoms with Crippen LogP contribution in [0, 0.1) is 5.92 Å². The number of nitrogens with two attached hydrogens (primary N) is 5. The number of primary amides is 1. The standard InChI is InChI=1S/C15H22N2O4.C7H12N2O3.C4H8N2O3/c1-3-9(2)13(17)15(20)21-11-6-4-10(5-7-11)8-12(16)14(18)19;8-4-6(10)12-7(11)5-2-1-3-9-5;5-2(4(8)9)1-3(6)7/h4-7,9,12-13H,3,8,16-17H2,1-2H3,(H,18,19);5,9H,1-4,8H2;2H,1,5H2,(H2,6,7)(H,8,9)/t9-,12-,13-;5-;2-/m000/s1. The van der Waals surface area contributed by atoms with Crippen LogP contribution in [-0.2, 0) is 39.9 Å². The Morgan fingerprint density at radius 1 is 1.00 bits per heavy atom. The van der Waals surface area contributed by atoms with E-state index in [-0.39, 0.29) is 31.3 Å². The Balaban J connectivity index is 0.000000673. The van der Waals surface area contributed by atoms with E-state index in [0.717, 1.165) is 31.4 Å². The summed E-state index contributed by atoms with van der Waals surface area (Å²) in [5.41, 5.74) is 26.5. The zero-order valence-electron chi connectivity index (χ0n) is 23.7. The van der Waals surface area contributed by atoms with Crippen LogP contribution in [0.4, 0.5) is 0 Å². The number of carboxylic acids is 2. The van der Waals surface area contributed by atoms with E-state index in [1.54, 1.807) is 24.3 Å². The van der Waals surface area contributed by atoms with Gasteiger partial charge in [0.15, 0.2) is 0 Å². The van der Waals surface area contributed by atoms with Crippen LogP contribution in [0.2, 0.25) is 0 Å². The Hall–Kier alpha value is -3.96. The van der Waals surface area contributed by atoms with Gasteiger partial charge in [0.05, 0.1) is 13.0 Å². The minimum Gasteiger partial charge on any atom is -0.480 e. The third-order valence-electron chi connectivity index (χ3n) is 5.91. The number of carbonyl (C=O) groups is 6. The molecule has 236 valence electrons. The lowest BCUT2D eigenvalue weighted by Gasteiger charge is -2.16. The highest BCUT2D eigenvalue weighted by atomic mass is 16.6. The molecule has 0 spiro atoms. The molecular formula is C26H42N6O10. The van der Waals surface area contributed by atoms with Crippen molar-refractivity contribution in [2.24, 2.45) is 34.6 Å². The van der Waals surface area contributed by atoms with Crippen LogP contribution < -0.4 is 38.7 Å². The van der Waals surface area contributed by atoms with Crippen LogP contribution >= 0.6 is 0 Å². The summed E-state index contributed by atoms with van der Waals surface area (Å²) < 4.78 is 9.61. The molecule has 16 nitrogen and oxygen atoms in total. The predicted molar refractivity (Wildman–Crippen MR) is 149 cm³/mol. The lowest BCUT2D eigenvalue weighted by Crippen LogP contribution is -2.39. The van der Waals surface area contributed by atoms with Gasteiger partial charge in [0.25, 0.3) is 0 Å². The summed E-state index contributed by atoms with van der Waals surface area (Å²) in [6.45, 7) is 4.40. The number of hydrogen-bond acceptors (Lipinski definition) is 13. The summed E-state index contributed by atoms with van der Waals surface area (Å²) >= 11 is 0. The monoisotopic (exact) mass is 598 g/mol. The number of rotatable bonds is 12. The molecule has 16 heteroatoms. The van der Waals surface area contributed by atoms with Crippen molar-refractivity contribution in [3.05, 3.63) is 29.8 Å². The first-order chi connectivity index (χ1) is 19.6. The zero-order chi connectivity index (χ0) is 32.4. The van der Waals surface area contributed by atoms with Gasteiger partial charge < -0.3 is 53.7 Å². The predicted octanol–water partition coefficient (Wildman–Crippen LogP) is -2.04. The molecular weight excluding hydrogens is 556 g/mol. The first-order valence-electron chi connectivity index (χ1n) is 13.1. The number of nitrogens with one attached hydrogen (secondary N) is 1. The lowest BCUT2D eigenvalue weighted by molar-refractivity contribution is -0.160. The summed E-state index contributed by atoms with van der Waals surface area (Å²) in [7, 11) is 0. The highest BCUT2D eigenvalue weighted by molar-refractivity contribution is 5.89. The molecule has 0 radical (unpaired) electrons. The molecule has 1 aliphatic heterocycles. The van der Waals surface area contributed by atoms with Crippen molar-refractivity contribution < 1.29 is 48.5 Å². The van der Waals surface area contributed by atoms with Crippen LogP contribution in [-0.4, -0.2) is 83.2 Å². The molecule has 42 heavy (non-hydrogen) atoms. The normalized spacial score (nSPS) is 16.6. The second-order valence-electron chi connectivity index (χ2n) is 9.39. The molecule has 1 fully saturated rings. The third kappa shape index (κ3) is 15.7. The molecule has 0 saturated carbocycles. The number of amides is 1. The SMILES string of the molecule is CC[C@H](C)[C@H](N)C(=O)Oc1ccc(C[C@H](N)C(=O)O)cc1.NC(=O)C[C@H](N)C(=O)O.NCC(=O)OC(=O)[C@@H]1CCCN1. The minimum atomic E-state index is -1.21. The Bertz CT molecular complexity index is 1050. The molecule has 0 aliphatic carbocycles. The first kappa shape index (κ1) is 38.0. The first-order valence-corrected chi connectivity index (χ1v) is 13.1. The maximum Gasteiger partial charge on any atom is 0.330 e. The van der Waals surface area contributed by atoms with E-state index in [4.69, 9.17) is 37.9 Å². The molecule has 0 unspecified atom stereocenters. The zero-order valence-corrected chi connectivity index (χ0v) is 23.7. The summed E-state index contributed by atoms with van der Waals surface area (Å²) in [6, 6.07) is 3.48. The van der Waals surface area contributed by atoms with Crippen LogP contribution in [0.25, 0.3) is 0 Å². The fraction of sp³-hybridized carbons (Fsp3) is 0.538. The Morgan fingerprint density at radius 3 is 1.98 bits per heavy atom. The van der Waals surface area contributed by atoms with Crippen molar-refractivity contribution >= 4 is 35.8 Å². The second kappa shape index (κ2) is 20.0. The molecule has 5 atom stereocenters. The molecule has 13 N–H and O–H groups in total. The lowest BCUT2D eigenvalue weighted by atomic mass is 10.0. The van der Waals surface area contributed by atoms with E-state index in [1.807, 2.05) is 13.8 Å². The summed E-state index contributed by atoms with van der Waals surface area (Å²) in [6.07, 6.45) is 2.38. The quantitative estimate of drug-likeness (QED) is 0.0730. The molecule has 1 aromatic carbocycles. The van der Waals surface area contributed by atoms with E-state index in [0.29, 0.717) is 5.75 Å². The average Bonchev–Trinajstić information content (AvgIpc) is 3.48. The second-order valence-corrected chi connectivity index (χ2v) is 9.39. The number of ether oxygens (including phenoxy) is 2. The summed E-state index contributed by atoms with van der Waals surface area (Å²) in [5, 5.41) is 19.8. The molecule has 0 aromatic heterocycles. The van der Waals surface area contributed by atoms with Crippen molar-refractivity contribution in [1.82, 2.24) is 5.32 Å². The number of hydrogen-bond donors (Lipinski definition) is 8. The minimum absolute atomic E-state index is 0.0466. The Labute approximate surface area is 243 Å². The van der Waals surface area contributed by atoms with Crippen molar-refractivity contribution in [1.29, 1.82) is 0 Å². The molecule has 1 aliphatic rings. The van der Waals surface area contributed by atoms with Crippen LogP contribution in [0.15, 0.2) is 24.3 Å². The fourth-order valence-electron chi connectivity index (χ4n) is 3.12.